The summed E-state index contributed by atoms with van der Waals surface area (Å²) in [5.41, 5.74) is 8.22. The third-order valence-electron chi connectivity index (χ3n) is 3.16. The molecule has 5 nitrogen and oxygen atoms in total. The minimum atomic E-state index is -0.417. The van der Waals surface area contributed by atoms with Gasteiger partial charge in [-0.3, -0.25) is 4.98 Å². The van der Waals surface area contributed by atoms with Crippen LogP contribution in [0.1, 0.15) is 26.7 Å². The van der Waals surface area contributed by atoms with Crippen molar-refractivity contribution in [3.05, 3.63) is 28.7 Å². The zero-order valence-corrected chi connectivity index (χ0v) is 11.7. The highest BCUT2D eigenvalue weighted by Gasteiger charge is 2.11. The summed E-state index contributed by atoms with van der Waals surface area (Å²) < 4.78 is 4.98. The summed E-state index contributed by atoms with van der Waals surface area (Å²) in [6.45, 7) is 5.00. The van der Waals surface area contributed by atoms with Crippen LogP contribution in [-0.4, -0.2) is 24.1 Å². The molecule has 0 aliphatic heterocycles. The topological polar surface area (TPSA) is 75.3 Å². The molecule has 5 heteroatoms. The standard InChI is InChI=1S/C14H21N3O2/c1-14(2,15)7-4-8-17(3)10-5-6-12-11(9-10)16-13(18)19-12/h5-6,9H,4,7-8,15H2,1-3H3,(H,16,18). The van der Waals surface area contributed by atoms with Gasteiger partial charge in [-0.05, 0) is 44.9 Å². The minimum absolute atomic E-state index is 0.124. The van der Waals surface area contributed by atoms with Crippen molar-refractivity contribution in [1.29, 1.82) is 0 Å². The second-order valence-corrected chi connectivity index (χ2v) is 5.71. The lowest BCUT2D eigenvalue weighted by molar-refractivity contribution is 0.460. The van der Waals surface area contributed by atoms with Crippen LogP contribution in [0.5, 0.6) is 0 Å². The van der Waals surface area contributed by atoms with Gasteiger partial charge in [0, 0.05) is 24.8 Å². The fraction of sp³-hybridized carbons (Fsp3) is 0.500. The first-order valence-electron chi connectivity index (χ1n) is 6.48. The number of nitrogens with two attached hydrogens (primary N) is 1. The number of anilines is 1. The van der Waals surface area contributed by atoms with Gasteiger partial charge in [-0.15, -0.1) is 0 Å². The van der Waals surface area contributed by atoms with Gasteiger partial charge in [0.15, 0.2) is 5.58 Å². The molecule has 0 fully saturated rings. The zero-order valence-electron chi connectivity index (χ0n) is 11.7. The van der Waals surface area contributed by atoms with Gasteiger partial charge in [0.05, 0.1) is 5.52 Å². The SMILES string of the molecule is CN(CCCC(C)(C)N)c1ccc2oc(=O)[nH]c2c1. The first-order chi connectivity index (χ1) is 8.85. The Bertz CT molecular complexity index is 607. The van der Waals surface area contributed by atoms with Crippen LogP contribution >= 0.6 is 0 Å². The van der Waals surface area contributed by atoms with Crippen molar-refractivity contribution < 1.29 is 4.42 Å². The van der Waals surface area contributed by atoms with E-state index in [1.165, 1.54) is 0 Å². The molecule has 104 valence electrons. The number of fused-ring (bicyclic) bond motifs is 1. The van der Waals surface area contributed by atoms with Crippen molar-refractivity contribution in [2.24, 2.45) is 5.73 Å². The summed E-state index contributed by atoms with van der Waals surface area (Å²) in [6.07, 6.45) is 2.00. The molecule has 0 bridgehead atoms. The molecule has 0 aliphatic carbocycles. The molecular weight excluding hydrogens is 242 g/mol. The van der Waals surface area contributed by atoms with Crippen LogP contribution in [0.2, 0.25) is 0 Å². The fourth-order valence-corrected chi connectivity index (χ4v) is 2.08. The highest BCUT2D eigenvalue weighted by molar-refractivity contribution is 5.77. The molecule has 19 heavy (non-hydrogen) atoms. The van der Waals surface area contributed by atoms with Crippen molar-refractivity contribution in [3.8, 4) is 0 Å². The predicted octanol–water partition coefficient (Wildman–Crippen LogP) is 2.07. The Morgan fingerprint density at radius 2 is 2.16 bits per heavy atom. The highest BCUT2D eigenvalue weighted by atomic mass is 16.4. The van der Waals surface area contributed by atoms with Crippen LogP contribution in [-0.2, 0) is 0 Å². The fourth-order valence-electron chi connectivity index (χ4n) is 2.08. The molecule has 3 N–H and O–H groups in total. The zero-order chi connectivity index (χ0) is 14.0. The van der Waals surface area contributed by atoms with Crippen LogP contribution in [0.15, 0.2) is 27.4 Å². The first kappa shape index (κ1) is 13.7. The van der Waals surface area contributed by atoms with Crippen molar-refractivity contribution in [2.75, 3.05) is 18.5 Å². The summed E-state index contributed by atoms with van der Waals surface area (Å²) in [4.78, 5) is 15.9. The van der Waals surface area contributed by atoms with Gasteiger partial charge in [0.2, 0.25) is 0 Å². The average molecular weight is 263 g/mol. The van der Waals surface area contributed by atoms with E-state index in [0.29, 0.717) is 5.58 Å². The lowest BCUT2D eigenvalue weighted by Crippen LogP contribution is -2.33. The van der Waals surface area contributed by atoms with Gasteiger partial charge in [-0.1, -0.05) is 0 Å². The van der Waals surface area contributed by atoms with Gasteiger partial charge in [0.25, 0.3) is 0 Å². The number of oxazole rings is 1. The van der Waals surface area contributed by atoms with Crippen LogP contribution in [0, 0.1) is 0 Å². The Balaban J connectivity index is 2.04. The number of hydrogen-bond acceptors (Lipinski definition) is 4. The maximum absolute atomic E-state index is 11.1. The molecule has 1 heterocycles. The van der Waals surface area contributed by atoms with E-state index < -0.39 is 5.76 Å². The number of aromatic nitrogens is 1. The molecule has 0 amide bonds. The Morgan fingerprint density at radius 3 is 2.84 bits per heavy atom. The largest absolute Gasteiger partial charge is 0.417 e. The minimum Gasteiger partial charge on any atom is -0.408 e. The molecule has 0 spiro atoms. The van der Waals surface area contributed by atoms with E-state index in [2.05, 4.69) is 9.88 Å². The van der Waals surface area contributed by atoms with Gasteiger partial charge in [-0.25, -0.2) is 4.79 Å². The molecule has 2 aromatic rings. The van der Waals surface area contributed by atoms with Crippen LogP contribution < -0.4 is 16.4 Å². The lowest BCUT2D eigenvalue weighted by Gasteiger charge is -2.23. The van der Waals surface area contributed by atoms with E-state index in [0.717, 1.165) is 30.6 Å². The smallest absolute Gasteiger partial charge is 0.408 e. The third kappa shape index (κ3) is 3.61. The highest BCUT2D eigenvalue weighted by Crippen LogP contribution is 2.20. The molecule has 0 radical (unpaired) electrons. The number of benzene rings is 1. The van der Waals surface area contributed by atoms with Crippen LogP contribution in [0.3, 0.4) is 0 Å². The van der Waals surface area contributed by atoms with E-state index in [-0.39, 0.29) is 5.54 Å². The van der Waals surface area contributed by atoms with Crippen molar-refractivity contribution in [1.82, 2.24) is 4.98 Å². The van der Waals surface area contributed by atoms with E-state index in [4.69, 9.17) is 10.2 Å². The predicted molar refractivity (Wildman–Crippen MR) is 77.6 cm³/mol. The number of nitrogens with zero attached hydrogens (tertiary/aromatic N) is 1. The number of rotatable bonds is 5. The maximum Gasteiger partial charge on any atom is 0.417 e. The molecule has 1 aromatic carbocycles. The molecule has 0 atom stereocenters. The number of hydrogen-bond donors (Lipinski definition) is 2. The molecule has 0 unspecified atom stereocenters. The molecule has 1 aromatic heterocycles. The summed E-state index contributed by atoms with van der Waals surface area (Å²) in [7, 11) is 2.03. The molecule has 0 saturated carbocycles. The van der Waals surface area contributed by atoms with Crippen LogP contribution in [0.4, 0.5) is 5.69 Å². The number of nitrogens with one attached hydrogen (secondary N) is 1. The Morgan fingerprint density at radius 1 is 1.42 bits per heavy atom. The van der Waals surface area contributed by atoms with E-state index in [9.17, 15) is 4.79 Å². The normalized spacial score (nSPS) is 12.0. The Kier molecular flexibility index (Phi) is 3.66. The second kappa shape index (κ2) is 5.09. The van der Waals surface area contributed by atoms with E-state index in [1.807, 2.05) is 39.1 Å². The monoisotopic (exact) mass is 263 g/mol. The summed E-state index contributed by atoms with van der Waals surface area (Å²) >= 11 is 0. The quantitative estimate of drug-likeness (QED) is 0.866. The summed E-state index contributed by atoms with van der Waals surface area (Å²) in [5, 5.41) is 0. The molecule has 0 saturated heterocycles. The lowest BCUT2D eigenvalue weighted by atomic mass is 10.00. The third-order valence-corrected chi connectivity index (χ3v) is 3.16. The molecule has 0 aliphatic rings. The van der Waals surface area contributed by atoms with E-state index in [1.54, 1.807) is 0 Å². The average Bonchev–Trinajstić information content (AvgIpc) is 2.65. The van der Waals surface area contributed by atoms with Crippen molar-refractivity contribution >= 4 is 16.8 Å². The number of aromatic amines is 1. The van der Waals surface area contributed by atoms with Gasteiger partial charge >= 0.3 is 5.76 Å². The molecular formula is C14H21N3O2. The van der Waals surface area contributed by atoms with Gasteiger partial charge in [0.1, 0.15) is 0 Å². The number of H-pyrrole nitrogens is 1. The summed E-state index contributed by atoms with van der Waals surface area (Å²) in [6, 6.07) is 5.69. The Hall–Kier alpha value is -1.75. The second-order valence-electron chi connectivity index (χ2n) is 5.71. The van der Waals surface area contributed by atoms with E-state index >= 15 is 0 Å². The van der Waals surface area contributed by atoms with Crippen LogP contribution in [0.25, 0.3) is 11.1 Å². The summed E-state index contributed by atoms with van der Waals surface area (Å²) in [5.74, 6) is -0.417. The molecule has 2 rings (SSSR count). The maximum atomic E-state index is 11.1. The van der Waals surface area contributed by atoms with Crippen molar-refractivity contribution in [3.63, 3.8) is 0 Å². The van der Waals surface area contributed by atoms with Gasteiger partial charge in [-0.2, -0.15) is 0 Å². The van der Waals surface area contributed by atoms with Crippen molar-refractivity contribution in [2.45, 2.75) is 32.2 Å². The first-order valence-corrected chi connectivity index (χ1v) is 6.48. The Labute approximate surface area is 112 Å². The van der Waals surface area contributed by atoms with Gasteiger partial charge < -0.3 is 15.1 Å².